The third-order valence-corrected chi connectivity index (χ3v) is 4.61. The number of methoxy groups -OCH3 is 1. The second-order valence-electron chi connectivity index (χ2n) is 6.16. The zero-order chi connectivity index (χ0) is 20.1. The Labute approximate surface area is 167 Å². The molecule has 0 saturated heterocycles. The number of amides is 1. The summed E-state index contributed by atoms with van der Waals surface area (Å²) in [7, 11) is 1.55. The van der Waals surface area contributed by atoms with Crippen LogP contribution in [-0.2, 0) is 6.61 Å². The number of carbonyl (C=O) groups excluding carboxylic acids is 1. The average Bonchev–Trinajstić information content (AvgIpc) is 2.70. The maximum Gasteiger partial charge on any atom is 0.255 e. The molecule has 0 bridgehead atoms. The number of para-hydroxylation sites is 1. The van der Waals surface area contributed by atoms with Crippen LogP contribution in [0, 0.1) is 12.7 Å². The summed E-state index contributed by atoms with van der Waals surface area (Å²) in [5.41, 5.74) is 2.09. The molecule has 0 radical (unpaired) electrons. The van der Waals surface area contributed by atoms with E-state index in [1.165, 1.54) is 12.1 Å². The van der Waals surface area contributed by atoms with Gasteiger partial charge in [-0.15, -0.1) is 0 Å². The van der Waals surface area contributed by atoms with E-state index in [0.29, 0.717) is 27.6 Å². The molecule has 0 heterocycles. The summed E-state index contributed by atoms with van der Waals surface area (Å²) < 4.78 is 24.9. The number of nitrogens with one attached hydrogen (secondary N) is 1. The first-order valence-electron chi connectivity index (χ1n) is 8.59. The first kappa shape index (κ1) is 19.7. The lowest BCUT2D eigenvalue weighted by Gasteiger charge is -2.13. The van der Waals surface area contributed by atoms with E-state index < -0.39 is 11.7 Å². The lowest BCUT2D eigenvalue weighted by molar-refractivity contribution is 0.102. The van der Waals surface area contributed by atoms with E-state index in [-0.39, 0.29) is 12.3 Å². The van der Waals surface area contributed by atoms with Crippen molar-refractivity contribution in [3.8, 4) is 11.5 Å². The Morgan fingerprint density at radius 1 is 1.11 bits per heavy atom. The van der Waals surface area contributed by atoms with Gasteiger partial charge in [-0.25, -0.2) is 4.39 Å². The van der Waals surface area contributed by atoms with Crippen LogP contribution in [0.25, 0.3) is 0 Å². The number of ether oxygens (including phenoxy) is 2. The highest BCUT2D eigenvalue weighted by molar-refractivity contribution is 6.31. The third kappa shape index (κ3) is 4.61. The highest BCUT2D eigenvalue weighted by Crippen LogP contribution is 2.25. The molecule has 3 aromatic rings. The number of carbonyl (C=O) groups is 1. The summed E-state index contributed by atoms with van der Waals surface area (Å²) in [5, 5.41) is 3.23. The van der Waals surface area contributed by atoms with Crippen molar-refractivity contribution in [1.29, 1.82) is 0 Å². The lowest BCUT2D eigenvalue weighted by Crippen LogP contribution is -2.13. The fourth-order valence-electron chi connectivity index (χ4n) is 2.66. The average molecular weight is 400 g/mol. The quantitative estimate of drug-likeness (QED) is 0.584. The number of halogens is 2. The molecule has 28 heavy (non-hydrogen) atoms. The zero-order valence-corrected chi connectivity index (χ0v) is 16.2. The highest BCUT2D eigenvalue weighted by atomic mass is 35.5. The minimum Gasteiger partial charge on any atom is -0.496 e. The smallest absolute Gasteiger partial charge is 0.255 e. The fourth-order valence-corrected chi connectivity index (χ4v) is 2.78. The van der Waals surface area contributed by atoms with Crippen LogP contribution in [0.4, 0.5) is 10.1 Å². The first-order chi connectivity index (χ1) is 13.5. The van der Waals surface area contributed by atoms with Crippen molar-refractivity contribution in [3.05, 3.63) is 88.2 Å². The minimum absolute atomic E-state index is 0.123. The van der Waals surface area contributed by atoms with Crippen LogP contribution in [0.1, 0.15) is 21.5 Å². The Balaban J connectivity index is 1.78. The molecule has 144 valence electrons. The van der Waals surface area contributed by atoms with Gasteiger partial charge < -0.3 is 14.8 Å². The van der Waals surface area contributed by atoms with E-state index in [0.717, 1.165) is 5.56 Å². The van der Waals surface area contributed by atoms with Crippen LogP contribution in [0.3, 0.4) is 0 Å². The van der Waals surface area contributed by atoms with Crippen LogP contribution < -0.4 is 14.8 Å². The Bertz CT molecular complexity index is 1010. The fraction of sp³-hybridized carbons (Fsp3) is 0.136. The summed E-state index contributed by atoms with van der Waals surface area (Å²) in [6.45, 7) is 2.09. The SMILES string of the molecule is COc1ccc(C(=O)Nc2ccccc2F)cc1COc1ccc(Cl)c(C)c1. The number of anilines is 1. The molecular formula is C22H19ClFNO3. The maximum atomic E-state index is 13.8. The van der Waals surface area contributed by atoms with E-state index in [1.54, 1.807) is 49.6 Å². The summed E-state index contributed by atoms with van der Waals surface area (Å²) in [4.78, 5) is 12.5. The van der Waals surface area contributed by atoms with Gasteiger partial charge in [-0.05, 0) is 61.0 Å². The predicted octanol–water partition coefficient (Wildman–Crippen LogP) is 5.63. The zero-order valence-electron chi connectivity index (χ0n) is 15.5. The van der Waals surface area contributed by atoms with Crippen LogP contribution in [0.5, 0.6) is 11.5 Å². The second kappa shape index (κ2) is 8.76. The number of rotatable bonds is 6. The molecule has 3 aromatic carbocycles. The van der Waals surface area contributed by atoms with Gasteiger partial charge in [-0.1, -0.05) is 23.7 Å². The molecule has 0 unspecified atom stereocenters. The molecule has 0 spiro atoms. The van der Waals surface area contributed by atoms with Crippen molar-refractivity contribution < 1.29 is 18.7 Å². The van der Waals surface area contributed by atoms with Gasteiger partial charge in [0.2, 0.25) is 0 Å². The third-order valence-electron chi connectivity index (χ3n) is 4.19. The molecule has 1 amide bonds. The van der Waals surface area contributed by atoms with E-state index >= 15 is 0 Å². The van der Waals surface area contributed by atoms with Gasteiger partial charge in [0.1, 0.15) is 23.9 Å². The van der Waals surface area contributed by atoms with E-state index in [4.69, 9.17) is 21.1 Å². The molecule has 6 heteroatoms. The molecule has 1 N–H and O–H groups in total. The Morgan fingerprint density at radius 3 is 2.61 bits per heavy atom. The van der Waals surface area contributed by atoms with Crippen molar-refractivity contribution in [2.24, 2.45) is 0 Å². The molecule has 0 aliphatic carbocycles. The minimum atomic E-state index is -0.494. The molecule has 0 aromatic heterocycles. The first-order valence-corrected chi connectivity index (χ1v) is 8.97. The van der Waals surface area contributed by atoms with Crippen molar-refractivity contribution in [2.45, 2.75) is 13.5 Å². The second-order valence-corrected chi connectivity index (χ2v) is 6.57. The molecule has 0 aliphatic heterocycles. The maximum absolute atomic E-state index is 13.8. The lowest BCUT2D eigenvalue weighted by atomic mass is 10.1. The van der Waals surface area contributed by atoms with Gasteiger partial charge in [0.25, 0.3) is 5.91 Å². The van der Waals surface area contributed by atoms with Gasteiger partial charge >= 0.3 is 0 Å². The molecule has 4 nitrogen and oxygen atoms in total. The summed E-state index contributed by atoms with van der Waals surface area (Å²) in [6.07, 6.45) is 0. The number of aryl methyl sites for hydroxylation is 1. The van der Waals surface area contributed by atoms with Crippen LogP contribution in [0.2, 0.25) is 5.02 Å². The van der Waals surface area contributed by atoms with Crippen LogP contribution in [-0.4, -0.2) is 13.0 Å². The molecular weight excluding hydrogens is 381 g/mol. The van der Waals surface area contributed by atoms with E-state index in [9.17, 15) is 9.18 Å². The van der Waals surface area contributed by atoms with E-state index in [2.05, 4.69) is 5.32 Å². The number of hydrogen-bond donors (Lipinski definition) is 1. The van der Waals surface area contributed by atoms with Gasteiger partial charge in [-0.3, -0.25) is 4.79 Å². The summed E-state index contributed by atoms with van der Waals surface area (Å²) in [6, 6.07) is 16.3. The Morgan fingerprint density at radius 2 is 1.89 bits per heavy atom. The number of benzene rings is 3. The van der Waals surface area contributed by atoms with Crippen molar-refractivity contribution in [3.63, 3.8) is 0 Å². The molecule has 3 rings (SSSR count). The topological polar surface area (TPSA) is 47.6 Å². The van der Waals surface area contributed by atoms with Crippen molar-refractivity contribution >= 4 is 23.2 Å². The van der Waals surface area contributed by atoms with Gasteiger partial charge in [-0.2, -0.15) is 0 Å². The van der Waals surface area contributed by atoms with Crippen molar-refractivity contribution in [2.75, 3.05) is 12.4 Å². The Hall–Kier alpha value is -3.05. The standard InChI is InChI=1S/C22H19ClFNO3/c1-14-11-17(8-9-18(14)23)28-13-16-12-15(7-10-21(16)27-2)22(26)25-20-6-4-3-5-19(20)24/h3-12H,13H2,1-2H3,(H,25,26). The van der Waals surface area contributed by atoms with Gasteiger partial charge in [0.15, 0.2) is 0 Å². The molecule has 0 atom stereocenters. The molecule has 0 aliphatic rings. The van der Waals surface area contributed by atoms with Crippen LogP contribution >= 0.6 is 11.6 Å². The highest BCUT2D eigenvalue weighted by Gasteiger charge is 2.13. The predicted molar refractivity (Wildman–Crippen MR) is 108 cm³/mol. The summed E-state index contributed by atoms with van der Waals surface area (Å²) in [5.74, 6) is 0.334. The van der Waals surface area contributed by atoms with Gasteiger partial charge in [0, 0.05) is 16.1 Å². The Kier molecular flexibility index (Phi) is 6.16. The largest absolute Gasteiger partial charge is 0.496 e. The number of hydrogen-bond acceptors (Lipinski definition) is 3. The molecule has 0 saturated carbocycles. The monoisotopic (exact) mass is 399 g/mol. The van der Waals surface area contributed by atoms with E-state index in [1.807, 2.05) is 13.0 Å². The van der Waals surface area contributed by atoms with Crippen LogP contribution in [0.15, 0.2) is 60.7 Å². The van der Waals surface area contributed by atoms with Crippen molar-refractivity contribution in [1.82, 2.24) is 0 Å². The molecule has 0 fully saturated rings. The summed E-state index contributed by atoms with van der Waals surface area (Å²) >= 11 is 6.03. The normalized spacial score (nSPS) is 10.4. The van der Waals surface area contributed by atoms with Gasteiger partial charge in [0.05, 0.1) is 12.8 Å².